The normalized spacial score (nSPS) is 11.9. The molecule has 1 heterocycles. The number of rotatable bonds is 8. The molecule has 0 saturated carbocycles. The van der Waals surface area contributed by atoms with E-state index in [0.717, 1.165) is 0 Å². The zero-order chi connectivity index (χ0) is 12.7. The Morgan fingerprint density at radius 2 is 2.29 bits per heavy atom. The summed E-state index contributed by atoms with van der Waals surface area (Å²) in [5, 5.41) is 0.0261. The number of aryl methyl sites for hydroxylation is 1. The number of aromatic nitrogens is 2. The molecule has 0 aromatic carbocycles. The van der Waals surface area contributed by atoms with Crippen LogP contribution in [0.3, 0.4) is 0 Å². The van der Waals surface area contributed by atoms with Crippen LogP contribution in [0.15, 0.2) is 17.6 Å². The lowest BCUT2D eigenvalue weighted by Gasteiger charge is -2.04. The van der Waals surface area contributed by atoms with Crippen LogP contribution >= 0.6 is 0 Å². The van der Waals surface area contributed by atoms with Crippen molar-refractivity contribution in [1.82, 2.24) is 14.3 Å². The summed E-state index contributed by atoms with van der Waals surface area (Å²) in [6.07, 6.45) is 2.97. The summed E-state index contributed by atoms with van der Waals surface area (Å²) in [7, 11) is -3.53. The molecule has 17 heavy (non-hydrogen) atoms. The van der Waals surface area contributed by atoms with E-state index in [1.807, 2.05) is 6.92 Å². The third-order valence-electron chi connectivity index (χ3n) is 2.05. The van der Waals surface area contributed by atoms with Crippen LogP contribution in [0.2, 0.25) is 0 Å². The predicted molar refractivity (Wildman–Crippen MR) is 63.0 cm³/mol. The van der Waals surface area contributed by atoms with Gasteiger partial charge in [0.05, 0.1) is 19.5 Å². The molecule has 0 aliphatic rings. The monoisotopic (exact) mass is 262 g/mol. The fourth-order valence-electron chi connectivity index (χ4n) is 1.16. The molecule has 0 radical (unpaired) electrons. The van der Waals surface area contributed by atoms with Gasteiger partial charge in [0.2, 0.25) is 0 Å². The number of hydrogen-bond acceptors (Lipinski definition) is 5. The Kier molecular flexibility index (Phi) is 5.56. The highest BCUT2D eigenvalue weighted by molar-refractivity contribution is 7.89. The largest absolute Gasteiger partial charge is 0.379 e. The van der Waals surface area contributed by atoms with Gasteiger partial charge in [-0.3, -0.25) is 0 Å². The van der Waals surface area contributed by atoms with Crippen LogP contribution in [0.5, 0.6) is 0 Å². The average molecular weight is 262 g/mol. The van der Waals surface area contributed by atoms with Gasteiger partial charge in [-0.15, -0.1) is 0 Å². The summed E-state index contributed by atoms with van der Waals surface area (Å²) in [5.74, 6) is 0. The highest BCUT2D eigenvalue weighted by Gasteiger charge is 2.16. The van der Waals surface area contributed by atoms with E-state index in [1.54, 1.807) is 4.57 Å². The van der Waals surface area contributed by atoms with Crippen LogP contribution in [0, 0.1) is 0 Å². The van der Waals surface area contributed by atoms with Gasteiger partial charge >= 0.3 is 0 Å². The van der Waals surface area contributed by atoms with Crippen molar-refractivity contribution in [3.05, 3.63) is 12.5 Å². The summed E-state index contributed by atoms with van der Waals surface area (Å²) < 4.78 is 32.6. The van der Waals surface area contributed by atoms with Crippen LogP contribution in [0.1, 0.15) is 6.92 Å². The molecule has 7 nitrogen and oxygen atoms in total. The molecule has 0 bridgehead atoms. The van der Waals surface area contributed by atoms with E-state index < -0.39 is 10.0 Å². The predicted octanol–water partition coefficient (Wildman–Crippen LogP) is -0.843. The Bertz CT molecular complexity index is 429. The molecule has 98 valence electrons. The van der Waals surface area contributed by atoms with Gasteiger partial charge in [-0.05, 0) is 6.92 Å². The first kappa shape index (κ1) is 14.1. The minimum absolute atomic E-state index is 0.0261. The summed E-state index contributed by atoms with van der Waals surface area (Å²) in [6, 6.07) is 0. The van der Waals surface area contributed by atoms with Crippen molar-refractivity contribution >= 4 is 10.0 Å². The van der Waals surface area contributed by atoms with Gasteiger partial charge in [-0.1, -0.05) is 0 Å². The zero-order valence-electron chi connectivity index (χ0n) is 9.80. The molecular formula is C9H18N4O3S. The van der Waals surface area contributed by atoms with Crippen molar-refractivity contribution in [2.75, 3.05) is 26.3 Å². The van der Waals surface area contributed by atoms with E-state index in [2.05, 4.69) is 9.71 Å². The first-order valence-corrected chi connectivity index (χ1v) is 6.87. The van der Waals surface area contributed by atoms with E-state index in [0.29, 0.717) is 26.3 Å². The molecule has 0 amide bonds. The lowest BCUT2D eigenvalue weighted by atomic mass is 10.7. The Labute approximate surface area is 101 Å². The highest BCUT2D eigenvalue weighted by atomic mass is 32.2. The highest BCUT2D eigenvalue weighted by Crippen LogP contribution is 2.04. The van der Waals surface area contributed by atoms with Crippen molar-refractivity contribution in [1.29, 1.82) is 0 Å². The van der Waals surface area contributed by atoms with Crippen LogP contribution < -0.4 is 10.5 Å². The average Bonchev–Trinajstić information content (AvgIpc) is 2.78. The van der Waals surface area contributed by atoms with Crippen LogP contribution in [0.4, 0.5) is 0 Å². The molecule has 8 heteroatoms. The van der Waals surface area contributed by atoms with E-state index in [-0.39, 0.29) is 11.6 Å². The number of hydrogen-bond donors (Lipinski definition) is 2. The van der Waals surface area contributed by atoms with E-state index >= 15 is 0 Å². The molecule has 0 saturated heterocycles. The molecule has 0 atom stereocenters. The van der Waals surface area contributed by atoms with Crippen molar-refractivity contribution < 1.29 is 13.2 Å². The summed E-state index contributed by atoms with van der Waals surface area (Å²) >= 11 is 0. The fraction of sp³-hybridized carbons (Fsp3) is 0.667. The van der Waals surface area contributed by atoms with Crippen LogP contribution in [0.25, 0.3) is 0 Å². The Balaban J connectivity index is 2.45. The van der Waals surface area contributed by atoms with Crippen LogP contribution in [-0.2, 0) is 21.3 Å². The lowest BCUT2D eigenvalue weighted by Crippen LogP contribution is -2.28. The van der Waals surface area contributed by atoms with E-state index in [4.69, 9.17) is 10.5 Å². The number of nitrogens with two attached hydrogens (primary N) is 1. The summed E-state index contributed by atoms with van der Waals surface area (Å²) in [5.41, 5.74) is 5.23. The fourth-order valence-corrected chi connectivity index (χ4v) is 2.12. The zero-order valence-corrected chi connectivity index (χ0v) is 10.6. The third kappa shape index (κ3) is 4.43. The van der Waals surface area contributed by atoms with Gasteiger partial charge in [0.25, 0.3) is 10.0 Å². The first-order chi connectivity index (χ1) is 8.10. The van der Waals surface area contributed by atoms with Crippen molar-refractivity contribution in [3.8, 4) is 0 Å². The smallest absolute Gasteiger partial charge is 0.259 e. The third-order valence-corrected chi connectivity index (χ3v) is 3.40. The van der Waals surface area contributed by atoms with Gasteiger partial charge < -0.3 is 15.0 Å². The molecule has 3 N–H and O–H groups in total. The number of nitrogens with zero attached hydrogens (tertiary/aromatic N) is 2. The maximum atomic E-state index is 11.7. The molecule has 1 rings (SSSR count). The molecule has 0 aliphatic carbocycles. The van der Waals surface area contributed by atoms with Crippen molar-refractivity contribution in [2.24, 2.45) is 5.73 Å². The molecule has 0 unspecified atom stereocenters. The molecule has 0 fully saturated rings. The molecule has 0 spiro atoms. The van der Waals surface area contributed by atoms with Crippen LogP contribution in [-0.4, -0.2) is 44.3 Å². The second-order valence-electron chi connectivity index (χ2n) is 3.34. The standard InChI is InChI=1S/C9H18N4O3S/c1-2-13-7-9(11-8-13)17(14,15)12-4-6-16-5-3-10/h7-8,12H,2-6,10H2,1H3. The minimum atomic E-state index is -3.53. The van der Waals surface area contributed by atoms with E-state index in [1.165, 1.54) is 12.5 Å². The Morgan fingerprint density at radius 3 is 2.88 bits per heavy atom. The Hall–Kier alpha value is -0.960. The van der Waals surface area contributed by atoms with Gasteiger partial charge in [0, 0.05) is 25.8 Å². The number of sulfonamides is 1. The maximum absolute atomic E-state index is 11.7. The quantitative estimate of drug-likeness (QED) is 0.595. The second-order valence-corrected chi connectivity index (χ2v) is 5.06. The molecule has 1 aromatic rings. The van der Waals surface area contributed by atoms with Gasteiger partial charge in [-0.2, -0.15) is 0 Å². The molecule has 0 aliphatic heterocycles. The molecular weight excluding hydrogens is 244 g/mol. The van der Waals surface area contributed by atoms with E-state index in [9.17, 15) is 8.42 Å². The summed E-state index contributed by atoms with van der Waals surface area (Å²) in [6.45, 7) is 3.94. The SMILES string of the molecule is CCn1cnc(S(=O)(=O)NCCOCCN)c1. The maximum Gasteiger partial charge on any atom is 0.259 e. The lowest BCUT2D eigenvalue weighted by molar-refractivity contribution is 0.147. The Morgan fingerprint density at radius 1 is 1.53 bits per heavy atom. The topological polar surface area (TPSA) is 99.2 Å². The van der Waals surface area contributed by atoms with Gasteiger partial charge in [-0.25, -0.2) is 18.1 Å². The van der Waals surface area contributed by atoms with Crippen molar-refractivity contribution in [3.63, 3.8) is 0 Å². The molecule has 1 aromatic heterocycles. The van der Waals surface area contributed by atoms with Gasteiger partial charge in [0.15, 0.2) is 5.03 Å². The number of nitrogens with one attached hydrogen (secondary N) is 1. The van der Waals surface area contributed by atoms with Crippen molar-refractivity contribution in [2.45, 2.75) is 18.5 Å². The minimum Gasteiger partial charge on any atom is -0.379 e. The van der Waals surface area contributed by atoms with Gasteiger partial charge in [0.1, 0.15) is 0 Å². The number of ether oxygens (including phenoxy) is 1. The second kappa shape index (κ2) is 6.70. The number of imidazole rings is 1. The first-order valence-electron chi connectivity index (χ1n) is 5.39. The summed E-state index contributed by atoms with van der Waals surface area (Å²) in [4.78, 5) is 3.83.